The Kier molecular flexibility index (Phi) is 7.10. The molecule has 9 heteroatoms. The molecule has 1 saturated heterocycles. The van der Waals surface area contributed by atoms with Crippen molar-refractivity contribution in [2.75, 3.05) is 11.5 Å². The van der Waals surface area contributed by atoms with Crippen molar-refractivity contribution < 1.29 is 24.2 Å². The standard InChI is InChI=1S/C27H23ClN2O5S/c1-5-12-35-26(34)24-16(4)29-27(36-24)30-21(17-8-10-18(28)11-9-17)20(23(32)25(30)33)22(31)19-13-14(2)6-7-15(19)3/h5-11,13,21,31H,1,12H2,2-4H3. The molecule has 1 N–H and O–H groups in total. The van der Waals surface area contributed by atoms with Crippen LogP contribution in [0.25, 0.3) is 5.76 Å². The van der Waals surface area contributed by atoms with Crippen molar-refractivity contribution in [1.29, 1.82) is 0 Å². The van der Waals surface area contributed by atoms with Crippen LogP contribution >= 0.6 is 22.9 Å². The number of hydrogen-bond acceptors (Lipinski definition) is 7. The number of amides is 1. The van der Waals surface area contributed by atoms with Gasteiger partial charge in [-0.05, 0) is 50.1 Å². The van der Waals surface area contributed by atoms with Crippen LogP contribution < -0.4 is 4.90 Å². The van der Waals surface area contributed by atoms with Gasteiger partial charge < -0.3 is 9.84 Å². The molecule has 4 rings (SSSR count). The second-order valence-electron chi connectivity index (χ2n) is 8.34. The molecule has 1 fully saturated rings. The molecule has 1 aromatic heterocycles. The van der Waals surface area contributed by atoms with Crippen molar-refractivity contribution in [3.05, 3.63) is 98.5 Å². The van der Waals surface area contributed by atoms with E-state index < -0.39 is 23.7 Å². The highest BCUT2D eigenvalue weighted by Crippen LogP contribution is 2.44. The second-order valence-corrected chi connectivity index (χ2v) is 9.75. The van der Waals surface area contributed by atoms with Crippen molar-refractivity contribution in [3.8, 4) is 0 Å². The lowest BCUT2D eigenvalue weighted by molar-refractivity contribution is -0.132. The molecular weight excluding hydrogens is 500 g/mol. The molecule has 3 aromatic rings. The fraction of sp³-hybridized carbons (Fsp3) is 0.185. The van der Waals surface area contributed by atoms with Crippen LogP contribution in [0.2, 0.25) is 5.02 Å². The lowest BCUT2D eigenvalue weighted by Crippen LogP contribution is -2.29. The fourth-order valence-electron chi connectivity index (χ4n) is 4.00. The van der Waals surface area contributed by atoms with Crippen molar-refractivity contribution in [2.24, 2.45) is 0 Å². The van der Waals surface area contributed by atoms with E-state index in [1.165, 1.54) is 11.0 Å². The van der Waals surface area contributed by atoms with Crippen LogP contribution in [0.15, 0.2) is 60.7 Å². The molecule has 2 heterocycles. The van der Waals surface area contributed by atoms with Crippen LogP contribution in [-0.2, 0) is 14.3 Å². The maximum absolute atomic E-state index is 13.4. The van der Waals surface area contributed by atoms with Gasteiger partial charge in [0.15, 0.2) is 5.13 Å². The molecule has 2 aromatic carbocycles. The number of ketones is 1. The number of hydrogen-bond donors (Lipinski definition) is 1. The first kappa shape index (κ1) is 25.3. The summed E-state index contributed by atoms with van der Waals surface area (Å²) in [5.74, 6) is -2.60. The Hall–Kier alpha value is -3.75. The average molecular weight is 523 g/mol. The van der Waals surface area contributed by atoms with Gasteiger partial charge >= 0.3 is 11.9 Å². The quantitative estimate of drug-likeness (QED) is 0.147. The lowest BCUT2D eigenvalue weighted by Gasteiger charge is -2.23. The van der Waals surface area contributed by atoms with Crippen LogP contribution in [0.1, 0.15) is 43.7 Å². The summed E-state index contributed by atoms with van der Waals surface area (Å²) in [6.07, 6.45) is 1.45. The summed E-state index contributed by atoms with van der Waals surface area (Å²) in [6, 6.07) is 11.2. The first-order chi connectivity index (χ1) is 17.1. The third-order valence-corrected chi connectivity index (χ3v) is 7.18. The number of rotatable bonds is 6. The molecule has 0 aliphatic carbocycles. The van der Waals surface area contributed by atoms with Crippen molar-refractivity contribution >= 4 is 51.5 Å². The summed E-state index contributed by atoms with van der Waals surface area (Å²) in [6.45, 7) is 8.86. The second kappa shape index (κ2) is 10.1. The van der Waals surface area contributed by atoms with Gasteiger partial charge in [0, 0.05) is 10.6 Å². The number of anilines is 1. The summed E-state index contributed by atoms with van der Waals surface area (Å²) in [5, 5.41) is 12.0. The Morgan fingerprint density at radius 2 is 1.89 bits per heavy atom. The van der Waals surface area contributed by atoms with Gasteiger partial charge in [0.2, 0.25) is 0 Å². The van der Waals surface area contributed by atoms with Gasteiger partial charge in [-0.1, -0.05) is 65.4 Å². The number of aliphatic hydroxyl groups excluding tert-OH is 1. The average Bonchev–Trinajstić information content (AvgIpc) is 3.36. The monoisotopic (exact) mass is 522 g/mol. The summed E-state index contributed by atoms with van der Waals surface area (Å²) in [4.78, 5) is 45.0. The number of aromatic nitrogens is 1. The zero-order valence-electron chi connectivity index (χ0n) is 19.9. The molecule has 0 bridgehead atoms. The van der Waals surface area contributed by atoms with E-state index in [9.17, 15) is 19.5 Å². The molecule has 1 amide bonds. The maximum atomic E-state index is 13.4. The van der Waals surface area contributed by atoms with Crippen molar-refractivity contribution in [3.63, 3.8) is 0 Å². The largest absolute Gasteiger partial charge is 0.507 e. The minimum atomic E-state index is -0.982. The maximum Gasteiger partial charge on any atom is 0.350 e. The number of benzene rings is 2. The molecule has 1 aliphatic heterocycles. The Morgan fingerprint density at radius 1 is 1.19 bits per heavy atom. The van der Waals surface area contributed by atoms with Crippen LogP contribution in [0.5, 0.6) is 0 Å². The van der Waals surface area contributed by atoms with Gasteiger partial charge in [-0.15, -0.1) is 0 Å². The zero-order chi connectivity index (χ0) is 26.1. The molecule has 0 spiro atoms. The van der Waals surface area contributed by atoms with E-state index in [1.54, 1.807) is 37.3 Å². The lowest BCUT2D eigenvalue weighted by atomic mass is 9.93. The van der Waals surface area contributed by atoms with E-state index in [-0.39, 0.29) is 27.9 Å². The summed E-state index contributed by atoms with van der Waals surface area (Å²) in [7, 11) is 0. The highest BCUT2D eigenvalue weighted by molar-refractivity contribution is 7.17. The molecule has 1 unspecified atom stereocenters. The highest BCUT2D eigenvalue weighted by atomic mass is 35.5. The van der Waals surface area contributed by atoms with Crippen molar-refractivity contribution in [1.82, 2.24) is 4.98 Å². The van der Waals surface area contributed by atoms with E-state index in [0.717, 1.165) is 22.5 Å². The molecular formula is C27H23ClN2O5S. The Morgan fingerprint density at radius 3 is 2.56 bits per heavy atom. The minimum Gasteiger partial charge on any atom is -0.507 e. The molecule has 36 heavy (non-hydrogen) atoms. The van der Waals surface area contributed by atoms with E-state index in [4.69, 9.17) is 16.3 Å². The first-order valence-corrected chi connectivity index (χ1v) is 12.2. The Bertz CT molecular complexity index is 1420. The number of nitrogens with zero attached hydrogens (tertiary/aromatic N) is 2. The number of carbonyl (C=O) groups excluding carboxylic acids is 3. The zero-order valence-corrected chi connectivity index (χ0v) is 21.4. The number of thiazole rings is 1. The van der Waals surface area contributed by atoms with Crippen molar-refractivity contribution in [2.45, 2.75) is 26.8 Å². The smallest absolute Gasteiger partial charge is 0.350 e. The van der Waals surface area contributed by atoms with Crippen LogP contribution in [-0.4, -0.2) is 34.4 Å². The summed E-state index contributed by atoms with van der Waals surface area (Å²) in [5.41, 5.74) is 2.93. The topological polar surface area (TPSA) is 96.8 Å². The molecule has 0 radical (unpaired) electrons. The predicted octanol–water partition coefficient (Wildman–Crippen LogP) is 5.69. The predicted molar refractivity (Wildman–Crippen MR) is 139 cm³/mol. The number of halogens is 1. The van der Waals surface area contributed by atoms with E-state index >= 15 is 0 Å². The van der Waals surface area contributed by atoms with E-state index in [0.29, 0.717) is 21.8 Å². The fourth-order valence-corrected chi connectivity index (χ4v) is 5.11. The van der Waals surface area contributed by atoms with Gasteiger partial charge in [-0.25, -0.2) is 9.78 Å². The molecule has 184 valence electrons. The van der Waals surface area contributed by atoms with Gasteiger partial charge in [-0.3, -0.25) is 14.5 Å². The van der Waals surface area contributed by atoms with Crippen LogP contribution in [0, 0.1) is 20.8 Å². The number of aliphatic hydroxyl groups is 1. The minimum absolute atomic E-state index is 0.0244. The summed E-state index contributed by atoms with van der Waals surface area (Å²) >= 11 is 7.03. The van der Waals surface area contributed by atoms with E-state index in [1.807, 2.05) is 26.0 Å². The summed E-state index contributed by atoms with van der Waals surface area (Å²) < 4.78 is 5.13. The number of ether oxygens (including phenoxy) is 1. The molecule has 1 aliphatic rings. The highest BCUT2D eigenvalue weighted by Gasteiger charge is 2.48. The van der Waals surface area contributed by atoms with Crippen LogP contribution in [0.4, 0.5) is 5.13 Å². The van der Waals surface area contributed by atoms with Gasteiger partial charge in [0.25, 0.3) is 5.78 Å². The number of Topliss-reactive ketones (excluding diaryl/α,β-unsaturated/α-hetero) is 1. The van der Waals surface area contributed by atoms with Gasteiger partial charge in [0.1, 0.15) is 17.2 Å². The first-order valence-electron chi connectivity index (χ1n) is 11.0. The Labute approximate surface area is 217 Å². The third-order valence-electron chi connectivity index (χ3n) is 5.79. The number of aryl methyl sites for hydroxylation is 3. The third kappa shape index (κ3) is 4.57. The Balaban J connectivity index is 1.91. The molecule has 1 atom stereocenters. The normalized spacial score (nSPS) is 16.9. The number of carbonyl (C=O) groups is 3. The van der Waals surface area contributed by atoms with E-state index in [2.05, 4.69) is 11.6 Å². The molecule has 0 saturated carbocycles. The van der Waals surface area contributed by atoms with Gasteiger partial charge in [-0.2, -0.15) is 0 Å². The number of esters is 1. The molecule has 7 nitrogen and oxygen atoms in total. The van der Waals surface area contributed by atoms with Gasteiger partial charge in [0.05, 0.1) is 17.3 Å². The SMILES string of the molecule is C=CCOC(=O)c1sc(N2C(=O)C(=O)C(=C(O)c3cc(C)ccc3C)C2c2ccc(Cl)cc2)nc1C. The van der Waals surface area contributed by atoms with Crippen LogP contribution in [0.3, 0.4) is 0 Å².